The summed E-state index contributed by atoms with van der Waals surface area (Å²) >= 11 is 6.03. The van der Waals surface area contributed by atoms with E-state index in [1.807, 2.05) is 13.8 Å². The predicted molar refractivity (Wildman–Crippen MR) is 97.7 cm³/mol. The van der Waals surface area contributed by atoms with Gasteiger partial charge in [0.15, 0.2) is 5.82 Å². The fourth-order valence-corrected chi connectivity index (χ4v) is 3.65. The van der Waals surface area contributed by atoms with E-state index < -0.39 is 10.0 Å². The number of nitrogens with one attached hydrogen (secondary N) is 1. The third-order valence-electron chi connectivity index (χ3n) is 3.55. The summed E-state index contributed by atoms with van der Waals surface area (Å²) in [4.78, 5) is 8.79. The molecule has 3 rings (SSSR count). The maximum atomic E-state index is 12.6. The topological polar surface area (TPSA) is 76.9 Å². The lowest BCUT2D eigenvalue weighted by molar-refractivity contribution is 0.601. The number of sulfonamides is 1. The zero-order valence-electron chi connectivity index (χ0n) is 13.7. The molecule has 3 aromatic rings. The summed E-state index contributed by atoms with van der Waals surface area (Å²) < 4.78 is 29.6. The molecule has 2 heterocycles. The van der Waals surface area contributed by atoms with Crippen LogP contribution >= 0.6 is 11.6 Å². The third-order valence-corrected chi connectivity index (χ3v) is 5.13. The van der Waals surface area contributed by atoms with Gasteiger partial charge in [-0.05, 0) is 18.2 Å². The second-order valence-corrected chi connectivity index (χ2v) is 7.87. The van der Waals surface area contributed by atoms with Crippen LogP contribution in [0.1, 0.15) is 25.6 Å². The molecule has 25 heavy (non-hydrogen) atoms. The molecule has 0 aliphatic carbocycles. The van der Waals surface area contributed by atoms with Crippen LogP contribution < -0.4 is 4.72 Å². The molecule has 0 radical (unpaired) electrons. The molecular formula is C17H17ClN4O2S. The molecule has 0 fully saturated rings. The number of hydrogen-bond donors (Lipinski definition) is 1. The van der Waals surface area contributed by atoms with E-state index in [1.165, 1.54) is 24.4 Å². The van der Waals surface area contributed by atoms with Gasteiger partial charge < -0.3 is 0 Å². The van der Waals surface area contributed by atoms with Crippen LogP contribution in [0.2, 0.25) is 5.02 Å². The molecule has 0 saturated heterocycles. The van der Waals surface area contributed by atoms with Crippen molar-refractivity contribution < 1.29 is 8.42 Å². The van der Waals surface area contributed by atoms with Crippen LogP contribution in [0.25, 0.3) is 5.82 Å². The standard InChI is InChI=1S/C17H17ClN4O2S/c1-12(2)16-19-8-9-22(16)17-15(10-13(18)11-20-17)21-25(23,24)14-6-4-3-5-7-14/h3-12,21H,1-2H3. The van der Waals surface area contributed by atoms with Crippen LogP contribution in [-0.4, -0.2) is 23.0 Å². The first kappa shape index (κ1) is 17.4. The zero-order chi connectivity index (χ0) is 18.0. The van der Waals surface area contributed by atoms with E-state index in [1.54, 1.807) is 35.2 Å². The summed E-state index contributed by atoms with van der Waals surface area (Å²) in [6, 6.07) is 9.67. The smallest absolute Gasteiger partial charge is 0.262 e. The van der Waals surface area contributed by atoms with E-state index in [0.29, 0.717) is 10.8 Å². The van der Waals surface area contributed by atoms with Crippen LogP contribution in [0.4, 0.5) is 5.69 Å². The minimum Gasteiger partial charge on any atom is -0.286 e. The molecule has 0 bridgehead atoms. The Morgan fingerprint density at radius 1 is 1.16 bits per heavy atom. The van der Waals surface area contributed by atoms with E-state index >= 15 is 0 Å². The molecule has 0 spiro atoms. The van der Waals surface area contributed by atoms with Gasteiger partial charge in [-0.2, -0.15) is 0 Å². The second-order valence-electron chi connectivity index (χ2n) is 5.75. The number of benzene rings is 1. The van der Waals surface area contributed by atoms with Gasteiger partial charge in [-0.3, -0.25) is 9.29 Å². The average molecular weight is 377 g/mol. The van der Waals surface area contributed by atoms with Gasteiger partial charge >= 0.3 is 0 Å². The van der Waals surface area contributed by atoms with Gasteiger partial charge in [0.25, 0.3) is 10.0 Å². The van der Waals surface area contributed by atoms with Crippen molar-refractivity contribution in [3.63, 3.8) is 0 Å². The number of pyridine rings is 1. The van der Waals surface area contributed by atoms with Gasteiger partial charge in [0.2, 0.25) is 0 Å². The lowest BCUT2D eigenvalue weighted by Crippen LogP contribution is -2.16. The molecule has 0 aliphatic heterocycles. The summed E-state index contributed by atoms with van der Waals surface area (Å²) in [7, 11) is -3.76. The van der Waals surface area contributed by atoms with Crippen LogP contribution in [0.5, 0.6) is 0 Å². The maximum Gasteiger partial charge on any atom is 0.262 e. The largest absolute Gasteiger partial charge is 0.286 e. The molecule has 0 aliphatic rings. The van der Waals surface area contributed by atoms with Crippen molar-refractivity contribution in [2.24, 2.45) is 0 Å². The van der Waals surface area contributed by atoms with Gasteiger partial charge in [0.05, 0.1) is 15.6 Å². The first-order valence-corrected chi connectivity index (χ1v) is 9.51. The first-order chi connectivity index (χ1) is 11.9. The number of halogens is 1. The molecule has 2 aromatic heterocycles. The molecule has 0 atom stereocenters. The van der Waals surface area contributed by atoms with Crippen molar-refractivity contribution in [1.29, 1.82) is 0 Å². The van der Waals surface area contributed by atoms with Crippen LogP contribution in [0.15, 0.2) is 59.9 Å². The summed E-state index contributed by atoms with van der Waals surface area (Å²) in [5.41, 5.74) is 0.288. The van der Waals surface area contributed by atoms with E-state index in [-0.39, 0.29) is 16.5 Å². The minimum absolute atomic E-state index is 0.144. The van der Waals surface area contributed by atoms with E-state index in [4.69, 9.17) is 11.6 Å². The molecule has 6 nitrogen and oxygen atoms in total. The summed E-state index contributed by atoms with van der Waals surface area (Å²) in [6.45, 7) is 4.01. The maximum absolute atomic E-state index is 12.6. The Hall–Kier alpha value is -2.38. The van der Waals surface area contributed by atoms with E-state index in [0.717, 1.165) is 5.82 Å². The minimum atomic E-state index is -3.76. The lowest BCUT2D eigenvalue weighted by Gasteiger charge is -2.15. The molecular weight excluding hydrogens is 360 g/mol. The highest BCUT2D eigenvalue weighted by Gasteiger charge is 2.19. The molecule has 0 saturated carbocycles. The summed E-state index contributed by atoms with van der Waals surface area (Å²) in [5.74, 6) is 1.34. The van der Waals surface area contributed by atoms with E-state index in [2.05, 4.69) is 14.7 Å². The van der Waals surface area contributed by atoms with Crippen LogP contribution in [0, 0.1) is 0 Å². The van der Waals surface area contributed by atoms with Crippen molar-refractivity contribution in [3.8, 4) is 5.82 Å². The number of imidazole rings is 1. The van der Waals surface area contributed by atoms with Crippen LogP contribution in [0.3, 0.4) is 0 Å². The Bertz CT molecular complexity index is 985. The fraction of sp³-hybridized carbons (Fsp3) is 0.176. The molecule has 8 heteroatoms. The lowest BCUT2D eigenvalue weighted by atomic mass is 10.2. The Balaban J connectivity index is 2.08. The van der Waals surface area contributed by atoms with Gasteiger partial charge in [0, 0.05) is 24.5 Å². The number of rotatable bonds is 5. The highest BCUT2D eigenvalue weighted by molar-refractivity contribution is 7.92. The first-order valence-electron chi connectivity index (χ1n) is 7.65. The zero-order valence-corrected chi connectivity index (χ0v) is 15.3. The normalized spacial score (nSPS) is 11.7. The third kappa shape index (κ3) is 3.67. The van der Waals surface area contributed by atoms with Gasteiger partial charge in [-0.15, -0.1) is 0 Å². The molecule has 0 unspecified atom stereocenters. The highest BCUT2D eigenvalue weighted by Crippen LogP contribution is 2.27. The van der Waals surface area contributed by atoms with Crippen LogP contribution in [-0.2, 0) is 10.0 Å². The molecule has 0 amide bonds. The monoisotopic (exact) mass is 376 g/mol. The number of anilines is 1. The molecule has 1 N–H and O–H groups in total. The van der Waals surface area contributed by atoms with Gasteiger partial charge in [0.1, 0.15) is 5.82 Å². The number of nitrogens with zero attached hydrogens (tertiary/aromatic N) is 3. The molecule has 130 valence electrons. The number of aromatic nitrogens is 3. The van der Waals surface area contributed by atoms with Crippen molar-refractivity contribution in [2.45, 2.75) is 24.7 Å². The fourth-order valence-electron chi connectivity index (χ4n) is 2.42. The van der Waals surface area contributed by atoms with Crippen molar-refractivity contribution in [3.05, 3.63) is 65.8 Å². The summed E-state index contributed by atoms with van der Waals surface area (Å²) in [6.07, 6.45) is 4.87. The van der Waals surface area contributed by atoms with Crippen molar-refractivity contribution in [2.75, 3.05) is 4.72 Å². The molecule has 1 aromatic carbocycles. The van der Waals surface area contributed by atoms with E-state index in [9.17, 15) is 8.42 Å². The number of hydrogen-bond acceptors (Lipinski definition) is 4. The Morgan fingerprint density at radius 2 is 1.88 bits per heavy atom. The van der Waals surface area contributed by atoms with Crippen molar-refractivity contribution in [1.82, 2.24) is 14.5 Å². The quantitative estimate of drug-likeness (QED) is 0.733. The highest BCUT2D eigenvalue weighted by atomic mass is 35.5. The average Bonchev–Trinajstić information content (AvgIpc) is 3.05. The van der Waals surface area contributed by atoms with Gasteiger partial charge in [-0.25, -0.2) is 18.4 Å². The predicted octanol–water partition coefficient (Wildman–Crippen LogP) is 3.84. The SMILES string of the molecule is CC(C)c1nccn1-c1ncc(Cl)cc1NS(=O)(=O)c1ccccc1. The second kappa shape index (κ2) is 6.85. The summed E-state index contributed by atoms with van der Waals surface area (Å²) in [5, 5.41) is 0.334. The Labute approximate surface area is 151 Å². The van der Waals surface area contributed by atoms with Crippen molar-refractivity contribution >= 4 is 27.3 Å². The van der Waals surface area contributed by atoms with Gasteiger partial charge in [-0.1, -0.05) is 43.6 Å². The Morgan fingerprint density at radius 3 is 2.56 bits per heavy atom. The Kier molecular flexibility index (Phi) is 4.78.